The van der Waals surface area contributed by atoms with Crippen LogP contribution in [-0.2, 0) is 17.7 Å². The maximum absolute atomic E-state index is 10.9. The van der Waals surface area contributed by atoms with E-state index in [9.17, 15) is 4.79 Å². The lowest BCUT2D eigenvalue weighted by Gasteiger charge is -2.38. The van der Waals surface area contributed by atoms with E-state index in [1.54, 1.807) is 0 Å². The van der Waals surface area contributed by atoms with Gasteiger partial charge in [-0.25, -0.2) is 4.79 Å². The van der Waals surface area contributed by atoms with Crippen molar-refractivity contribution in [3.63, 3.8) is 0 Å². The van der Waals surface area contributed by atoms with Crippen LogP contribution >= 0.6 is 0 Å². The zero-order chi connectivity index (χ0) is 17.0. The van der Waals surface area contributed by atoms with E-state index < -0.39 is 31.4 Å². The van der Waals surface area contributed by atoms with Crippen LogP contribution in [0.4, 0.5) is 4.79 Å². The molecule has 1 aliphatic rings. The summed E-state index contributed by atoms with van der Waals surface area (Å²) in [6, 6.07) is 1.00. The van der Waals surface area contributed by atoms with Gasteiger partial charge in [-0.1, -0.05) is 6.42 Å². The average molecular weight is 365 g/mol. The Labute approximate surface area is 138 Å². The van der Waals surface area contributed by atoms with Crippen molar-refractivity contribution in [2.75, 3.05) is 6.61 Å². The SMILES string of the molecule is C[Si](C)(C)O[Si](C)(CCCCC1COC(=O)O1)O[Si](C)(C)C. The minimum absolute atomic E-state index is 0.0729. The Balaban J connectivity index is 2.45. The van der Waals surface area contributed by atoms with Crippen molar-refractivity contribution in [1.29, 1.82) is 0 Å². The predicted molar refractivity (Wildman–Crippen MR) is 95.4 cm³/mol. The van der Waals surface area contributed by atoms with Gasteiger partial charge in [-0.15, -0.1) is 0 Å². The third kappa shape index (κ3) is 8.47. The maximum atomic E-state index is 10.9. The molecule has 0 saturated carbocycles. The maximum Gasteiger partial charge on any atom is 0.508 e. The second kappa shape index (κ2) is 7.61. The quantitative estimate of drug-likeness (QED) is 0.343. The standard InChI is InChI=1S/C14H32O5Si3/c1-20(2,3)18-22(7,19-21(4,5)6)11-9-8-10-13-12-16-14(15)17-13/h13H,8-12H2,1-7H3. The van der Waals surface area contributed by atoms with Gasteiger partial charge < -0.3 is 17.7 Å². The molecule has 1 fully saturated rings. The highest BCUT2D eigenvalue weighted by molar-refractivity contribution is 6.87. The van der Waals surface area contributed by atoms with Crippen LogP contribution in [0, 0.1) is 0 Å². The molecule has 0 radical (unpaired) electrons. The average Bonchev–Trinajstić information content (AvgIpc) is 2.65. The summed E-state index contributed by atoms with van der Waals surface area (Å²) < 4.78 is 22.8. The van der Waals surface area contributed by atoms with Gasteiger partial charge in [0.05, 0.1) is 0 Å². The number of hydrogen-bond donors (Lipinski definition) is 0. The molecule has 8 heteroatoms. The molecule has 0 aromatic carbocycles. The van der Waals surface area contributed by atoms with Crippen LogP contribution in [0.15, 0.2) is 0 Å². The molecule has 1 unspecified atom stereocenters. The van der Waals surface area contributed by atoms with Crippen molar-refractivity contribution in [2.45, 2.75) is 77.2 Å². The molecule has 0 spiro atoms. The Bertz CT molecular complexity index is 360. The van der Waals surface area contributed by atoms with Crippen LogP contribution in [0.25, 0.3) is 0 Å². The van der Waals surface area contributed by atoms with E-state index in [2.05, 4.69) is 45.8 Å². The molecule has 0 aromatic rings. The van der Waals surface area contributed by atoms with Gasteiger partial charge in [0.15, 0.2) is 16.6 Å². The number of carbonyl (C=O) groups is 1. The normalized spacial score (nSPS) is 20.0. The molecule has 1 saturated heterocycles. The number of hydrogen-bond acceptors (Lipinski definition) is 5. The van der Waals surface area contributed by atoms with Gasteiger partial charge in [0.2, 0.25) is 0 Å². The van der Waals surface area contributed by atoms with Gasteiger partial charge >= 0.3 is 14.7 Å². The molecule has 5 nitrogen and oxygen atoms in total. The number of ether oxygens (including phenoxy) is 2. The fraction of sp³-hybridized carbons (Fsp3) is 0.929. The van der Waals surface area contributed by atoms with Gasteiger partial charge in [0.25, 0.3) is 0 Å². The van der Waals surface area contributed by atoms with Gasteiger partial charge in [0, 0.05) is 0 Å². The second-order valence-corrected chi connectivity index (χ2v) is 21.0. The number of cyclic esters (lactones) is 2. The van der Waals surface area contributed by atoms with Crippen molar-refractivity contribution in [3.05, 3.63) is 0 Å². The number of unbranched alkanes of at least 4 members (excludes halogenated alkanes) is 1. The summed E-state index contributed by atoms with van der Waals surface area (Å²) in [7, 11) is -5.36. The summed E-state index contributed by atoms with van der Waals surface area (Å²) in [6.45, 7) is 15.9. The van der Waals surface area contributed by atoms with Gasteiger partial charge in [0.1, 0.15) is 12.7 Å². The molecule has 0 aliphatic carbocycles. The van der Waals surface area contributed by atoms with Crippen molar-refractivity contribution >= 4 is 31.4 Å². The molecule has 0 amide bonds. The summed E-state index contributed by atoms with van der Waals surface area (Å²) in [5.41, 5.74) is 0. The van der Waals surface area contributed by atoms with Crippen LogP contribution in [-0.4, -0.2) is 44.1 Å². The number of rotatable bonds is 9. The first-order chi connectivity index (χ1) is 9.89. The van der Waals surface area contributed by atoms with Crippen LogP contribution in [0.3, 0.4) is 0 Å². The summed E-state index contributed by atoms with van der Waals surface area (Å²) in [4.78, 5) is 10.9. The van der Waals surface area contributed by atoms with E-state index in [0.717, 1.165) is 25.3 Å². The largest absolute Gasteiger partial charge is 0.508 e. The van der Waals surface area contributed by atoms with E-state index in [1.807, 2.05) is 0 Å². The van der Waals surface area contributed by atoms with E-state index >= 15 is 0 Å². The first kappa shape index (κ1) is 19.9. The summed E-state index contributed by atoms with van der Waals surface area (Å²) in [5, 5.41) is 0. The molecule has 1 aliphatic heterocycles. The van der Waals surface area contributed by atoms with Crippen LogP contribution in [0.5, 0.6) is 0 Å². The first-order valence-electron chi connectivity index (χ1n) is 8.12. The lowest BCUT2D eigenvalue weighted by Crippen LogP contribution is -2.52. The highest BCUT2D eigenvalue weighted by Crippen LogP contribution is 2.27. The van der Waals surface area contributed by atoms with E-state index in [0.29, 0.717) is 6.61 Å². The van der Waals surface area contributed by atoms with Crippen molar-refractivity contribution in [3.8, 4) is 0 Å². The molecule has 0 aromatic heterocycles. The highest BCUT2D eigenvalue weighted by atomic mass is 28.5. The fourth-order valence-electron chi connectivity index (χ4n) is 2.74. The lowest BCUT2D eigenvalue weighted by atomic mass is 10.2. The lowest BCUT2D eigenvalue weighted by molar-refractivity contribution is 0.115. The van der Waals surface area contributed by atoms with Crippen LogP contribution < -0.4 is 0 Å². The third-order valence-corrected chi connectivity index (χ3v) is 12.7. The second-order valence-electron chi connectivity index (χ2n) is 8.11. The fourth-order valence-corrected chi connectivity index (χ4v) is 15.4. The van der Waals surface area contributed by atoms with Crippen LogP contribution in [0.2, 0.25) is 51.9 Å². The Morgan fingerprint density at radius 2 is 1.55 bits per heavy atom. The monoisotopic (exact) mass is 364 g/mol. The van der Waals surface area contributed by atoms with E-state index in [4.69, 9.17) is 17.7 Å². The molecular formula is C14H32O5Si3. The van der Waals surface area contributed by atoms with E-state index in [1.165, 1.54) is 0 Å². The first-order valence-corrected chi connectivity index (χ1v) is 17.5. The molecule has 1 rings (SSSR count). The van der Waals surface area contributed by atoms with E-state index in [-0.39, 0.29) is 6.10 Å². The summed E-state index contributed by atoms with van der Waals surface area (Å²) in [5.74, 6) is 0. The highest BCUT2D eigenvalue weighted by Gasteiger charge is 2.39. The topological polar surface area (TPSA) is 54.0 Å². The minimum atomic E-state index is -2.13. The number of carbonyl (C=O) groups excluding carboxylic acids is 1. The van der Waals surface area contributed by atoms with Crippen molar-refractivity contribution in [1.82, 2.24) is 0 Å². The Hall–Kier alpha value is -0.159. The van der Waals surface area contributed by atoms with Gasteiger partial charge in [-0.05, 0) is 64.7 Å². The summed E-state index contributed by atoms with van der Waals surface area (Å²) >= 11 is 0. The molecule has 0 bridgehead atoms. The summed E-state index contributed by atoms with van der Waals surface area (Å²) in [6.07, 6.45) is 2.31. The van der Waals surface area contributed by atoms with Gasteiger partial charge in [-0.3, -0.25) is 0 Å². The smallest absolute Gasteiger partial charge is 0.437 e. The van der Waals surface area contributed by atoms with Gasteiger partial charge in [-0.2, -0.15) is 0 Å². The zero-order valence-corrected chi connectivity index (χ0v) is 18.2. The molecule has 1 atom stereocenters. The van der Waals surface area contributed by atoms with Crippen LogP contribution in [0.1, 0.15) is 19.3 Å². The molecule has 130 valence electrons. The Morgan fingerprint density at radius 1 is 1.00 bits per heavy atom. The Kier molecular flexibility index (Phi) is 6.88. The molecular weight excluding hydrogens is 332 g/mol. The van der Waals surface area contributed by atoms with Crippen molar-refractivity contribution < 1.29 is 22.5 Å². The molecule has 1 heterocycles. The van der Waals surface area contributed by atoms with Crippen molar-refractivity contribution in [2.24, 2.45) is 0 Å². The molecule has 0 N–H and O–H groups in total. The minimum Gasteiger partial charge on any atom is -0.437 e. The molecule has 22 heavy (non-hydrogen) atoms. The Morgan fingerprint density at radius 3 is 1.95 bits per heavy atom. The predicted octanol–water partition coefficient (Wildman–Crippen LogP) is 4.47. The zero-order valence-electron chi connectivity index (χ0n) is 15.2. The third-order valence-electron chi connectivity index (χ3n) is 3.10.